The Bertz CT molecular complexity index is 503. The average molecular weight is 243 g/mol. The third kappa shape index (κ3) is 2.36. The topological polar surface area (TPSA) is 33.0 Å². The number of nitriles is 1. The highest BCUT2D eigenvalue weighted by Crippen LogP contribution is 2.42. The minimum Gasteiger partial charge on any atom is -0.487 e. The van der Waals surface area contributed by atoms with Crippen LogP contribution in [0.25, 0.3) is 0 Å². The van der Waals surface area contributed by atoms with E-state index in [1.54, 1.807) is 0 Å². The monoisotopic (exact) mass is 243 g/mol. The summed E-state index contributed by atoms with van der Waals surface area (Å²) in [5.74, 6) is 0.803. The van der Waals surface area contributed by atoms with Crippen LogP contribution >= 0.6 is 0 Å². The lowest BCUT2D eigenvalue weighted by atomic mass is 9.80. The molecule has 18 heavy (non-hydrogen) atoms. The summed E-state index contributed by atoms with van der Waals surface area (Å²) in [4.78, 5) is 0. The molecule has 1 aromatic rings. The molecule has 0 saturated heterocycles. The molecule has 0 radical (unpaired) electrons. The molecule has 0 spiro atoms. The number of nitrogens with zero attached hydrogens (tertiary/aromatic N) is 1. The summed E-state index contributed by atoms with van der Waals surface area (Å²) in [7, 11) is 0. The van der Waals surface area contributed by atoms with Crippen LogP contribution in [0.1, 0.15) is 58.1 Å². The second-order valence-corrected chi connectivity index (χ2v) is 6.75. The quantitative estimate of drug-likeness (QED) is 0.685. The number of hydrogen-bond donors (Lipinski definition) is 0. The normalized spacial score (nSPS) is 21.7. The van der Waals surface area contributed by atoms with Gasteiger partial charge in [-0.15, -0.1) is 0 Å². The highest BCUT2D eigenvalue weighted by atomic mass is 16.5. The van der Waals surface area contributed by atoms with Crippen molar-refractivity contribution in [3.63, 3.8) is 0 Å². The van der Waals surface area contributed by atoms with Crippen LogP contribution in [0.3, 0.4) is 0 Å². The summed E-state index contributed by atoms with van der Waals surface area (Å²) in [5.41, 5.74) is 2.15. The van der Waals surface area contributed by atoms with Crippen molar-refractivity contribution in [2.75, 3.05) is 0 Å². The van der Waals surface area contributed by atoms with Gasteiger partial charge in [-0.2, -0.15) is 5.26 Å². The van der Waals surface area contributed by atoms with Gasteiger partial charge in [0.2, 0.25) is 0 Å². The van der Waals surface area contributed by atoms with Gasteiger partial charge in [-0.25, -0.2) is 0 Å². The lowest BCUT2D eigenvalue weighted by molar-refractivity contribution is 0.0793. The molecule has 0 aliphatic carbocycles. The summed E-state index contributed by atoms with van der Waals surface area (Å²) in [6.45, 7) is 10.6. The fourth-order valence-electron chi connectivity index (χ4n) is 2.44. The van der Waals surface area contributed by atoms with Crippen molar-refractivity contribution in [1.29, 1.82) is 5.26 Å². The van der Waals surface area contributed by atoms with Crippen LogP contribution in [0.15, 0.2) is 18.2 Å². The Morgan fingerprint density at radius 2 is 2.00 bits per heavy atom. The molecule has 0 fully saturated rings. The van der Waals surface area contributed by atoms with E-state index in [0.29, 0.717) is 0 Å². The van der Waals surface area contributed by atoms with E-state index in [-0.39, 0.29) is 16.9 Å². The predicted molar refractivity (Wildman–Crippen MR) is 72.8 cm³/mol. The van der Waals surface area contributed by atoms with Gasteiger partial charge in [0, 0.05) is 12.0 Å². The minimum atomic E-state index is -0.253. The summed E-state index contributed by atoms with van der Waals surface area (Å²) in [6, 6.07) is 8.67. The molecule has 1 aromatic carbocycles. The van der Waals surface area contributed by atoms with Crippen LogP contribution in [-0.2, 0) is 5.41 Å². The predicted octanol–water partition coefficient (Wildman–Crippen LogP) is 4.15. The van der Waals surface area contributed by atoms with Crippen molar-refractivity contribution in [2.24, 2.45) is 0 Å². The van der Waals surface area contributed by atoms with Gasteiger partial charge in [0.15, 0.2) is 0 Å². The Kier molecular flexibility index (Phi) is 2.89. The molecule has 0 bridgehead atoms. The molecule has 0 amide bonds. The maximum atomic E-state index is 9.36. The Hall–Kier alpha value is -1.49. The Balaban J connectivity index is 2.50. The second-order valence-electron chi connectivity index (χ2n) is 6.75. The minimum absolute atomic E-state index is 0.0638. The zero-order chi connectivity index (χ0) is 13.6. The molecule has 1 heterocycles. The molecule has 1 atom stereocenters. The molecule has 1 aliphatic heterocycles. The molecular weight excluding hydrogens is 222 g/mol. The van der Waals surface area contributed by atoms with Crippen molar-refractivity contribution >= 4 is 0 Å². The van der Waals surface area contributed by atoms with E-state index in [1.807, 2.05) is 19.9 Å². The van der Waals surface area contributed by atoms with E-state index >= 15 is 0 Å². The van der Waals surface area contributed by atoms with Crippen molar-refractivity contribution in [3.05, 3.63) is 29.3 Å². The van der Waals surface area contributed by atoms with Gasteiger partial charge in [-0.3, -0.25) is 0 Å². The van der Waals surface area contributed by atoms with Crippen molar-refractivity contribution in [1.82, 2.24) is 0 Å². The molecule has 2 nitrogen and oxygen atoms in total. The molecule has 0 N–H and O–H groups in total. The molecule has 1 unspecified atom stereocenters. The average Bonchev–Trinajstić information content (AvgIpc) is 2.24. The second kappa shape index (κ2) is 4.02. The molecule has 0 saturated carbocycles. The first-order valence-corrected chi connectivity index (χ1v) is 6.46. The highest BCUT2D eigenvalue weighted by Gasteiger charge is 2.34. The number of ether oxygens (including phenoxy) is 1. The van der Waals surface area contributed by atoms with E-state index in [9.17, 15) is 5.26 Å². The fourth-order valence-corrected chi connectivity index (χ4v) is 2.44. The molecule has 2 rings (SSSR count). The Labute approximate surface area is 110 Å². The number of fused-ring (bicyclic) bond motifs is 1. The number of hydrogen-bond acceptors (Lipinski definition) is 2. The van der Waals surface area contributed by atoms with Crippen LogP contribution in [-0.4, -0.2) is 5.60 Å². The third-order valence-electron chi connectivity index (χ3n) is 3.49. The summed E-state index contributed by atoms with van der Waals surface area (Å²) < 4.78 is 5.97. The molecular formula is C16H21NO. The van der Waals surface area contributed by atoms with Gasteiger partial charge in [-0.05, 0) is 30.9 Å². The highest BCUT2D eigenvalue weighted by molar-refractivity contribution is 5.46. The van der Waals surface area contributed by atoms with Gasteiger partial charge in [-0.1, -0.05) is 32.9 Å². The molecule has 96 valence electrons. The van der Waals surface area contributed by atoms with Gasteiger partial charge in [0.25, 0.3) is 0 Å². The van der Waals surface area contributed by atoms with Gasteiger partial charge < -0.3 is 4.74 Å². The van der Waals surface area contributed by atoms with E-state index in [4.69, 9.17) is 4.74 Å². The molecule has 2 heteroatoms. The molecule has 1 aliphatic rings. The summed E-state index contributed by atoms with van der Waals surface area (Å²) >= 11 is 0. The van der Waals surface area contributed by atoms with Crippen LogP contribution in [0.5, 0.6) is 5.75 Å². The van der Waals surface area contributed by atoms with E-state index in [0.717, 1.165) is 17.7 Å². The first-order valence-electron chi connectivity index (χ1n) is 6.46. The Morgan fingerprint density at radius 3 is 2.56 bits per heavy atom. The zero-order valence-corrected chi connectivity index (χ0v) is 11.9. The number of rotatable bonds is 0. The maximum Gasteiger partial charge on any atom is 0.124 e. The largest absolute Gasteiger partial charge is 0.487 e. The van der Waals surface area contributed by atoms with Crippen molar-refractivity contribution in [3.8, 4) is 11.8 Å². The standard InChI is InChI=1S/C16H21NO/c1-15(2,3)12-6-7-14-13(8-12)11(10-17)9-16(4,5)18-14/h6-8,11H,9H2,1-5H3. The summed E-state index contributed by atoms with van der Waals surface area (Å²) in [6.07, 6.45) is 0.754. The van der Waals surface area contributed by atoms with E-state index < -0.39 is 0 Å². The smallest absolute Gasteiger partial charge is 0.124 e. The van der Waals surface area contributed by atoms with Crippen LogP contribution < -0.4 is 4.74 Å². The van der Waals surface area contributed by atoms with Gasteiger partial charge in [0.1, 0.15) is 11.4 Å². The molecule has 0 aromatic heterocycles. The lowest BCUT2D eigenvalue weighted by Crippen LogP contribution is -2.34. The first-order chi connectivity index (χ1) is 8.23. The van der Waals surface area contributed by atoms with E-state index in [1.165, 1.54) is 5.56 Å². The zero-order valence-electron chi connectivity index (χ0n) is 11.9. The van der Waals surface area contributed by atoms with Gasteiger partial charge in [0.05, 0.1) is 12.0 Å². The number of benzene rings is 1. The Morgan fingerprint density at radius 1 is 1.33 bits per heavy atom. The fraction of sp³-hybridized carbons (Fsp3) is 0.562. The third-order valence-corrected chi connectivity index (χ3v) is 3.49. The SMILES string of the molecule is CC1(C)CC(C#N)c2cc(C(C)(C)C)ccc2O1. The first kappa shape index (κ1) is 13.0. The van der Waals surface area contributed by atoms with Crippen molar-refractivity contribution < 1.29 is 4.74 Å². The van der Waals surface area contributed by atoms with Crippen molar-refractivity contribution in [2.45, 2.75) is 58.0 Å². The lowest BCUT2D eigenvalue weighted by Gasteiger charge is -2.36. The van der Waals surface area contributed by atoms with Crippen LogP contribution in [0.4, 0.5) is 0 Å². The van der Waals surface area contributed by atoms with Crippen LogP contribution in [0, 0.1) is 11.3 Å². The summed E-state index contributed by atoms with van der Waals surface area (Å²) in [5, 5.41) is 9.36. The van der Waals surface area contributed by atoms with Crippen LogP contribution in [0.2, 0.25) is 0 Å². The van der Waals surface area contributed by atoms with E-state index in [2.05, 4.69) is 39.0 Å². The maximum absolute atomic E-state index is 9.36. The van der Waals surface area contributed by atoms with Gasteiger partial charge >= 0.3 is 0 Å².